The topological polar surface area (TPSA) is 41.1 Å². The number of aromatic amines is 1. The van der Waals surface area contributed by atoms with Gasteiger partial charge in [-0.2, -0.15) is 0 Å². The van der Waals surface area contributed by atoms with E-state index < -0.39 is 0 Å². The minimum atomic E-state index is 0.0182. The molecule has 17 heavy (non-hydrogen) atoms. The molecule has 2 heterocycles. The Morgan fingerprint density at radius 3 is 2.82 bits per heavy atom. The van der Waals surface area contributed by atoms with Crippen molar-refractivity contribution in [3.8, 4) is 0 Å². The molecule has 0 atom stereocenters. The van der Waals surface area contributed by atoms with Crippen molar-refractivity contribution in [2.24, 2.45) is 0 Å². The smallest absolute Gasteiger partial charge is 0.281 e. The van der Waals surface area contributed by atoms with Crippen LogP contribution in [-0.4, -0.2) is 9.61 Å². The van der Waals surface area contributed by atoms with Gasteiger partial charge in [0.2, 0.25) is 0 Å². The molecule has 3 aromatic rings. The first-order valence-electron chi connectivity index (χ1n) is 5.47. The van der Waals surface area contributed by atoms with Crippen molar-refractivity contribution in [1.82, 2.24) is 9.61 Å². The Morgan fingerprint density at radius 2 is 2.00 bits per heavy atom. The maximum atomic E-state index is 11.8. The summed E-state index contributed by atoms with van der Waals surface area (Å²) in [4.78, 5) is 11.8. The van der Waals surface area contributed by atoms with Gasteiger partial charge in [0.05, 0.1) is 0 Å². The van der Waals surface area contributed by atoms with Crippen LogP contribution in [0.1, 0.15) is 5.56 Å². The van der Waals surface area contributed by atoms with E-state index in [-0.39, 0.29) is 5.43 Å². The van der Waals surface area contributed by atoms with E-state index in [4.69, 9.17) is 0 Å². The van der Waals surface area contributed by atoms with Crippen LogP contribution < -0.4 is 10.00 Å². The lowest BCUT2D eigenvalue weighted by Crippen LogP contribution is -2.36. The summed E-state index contributed by atoms with van der Waals surface area (Å²) in [5.41, 5.74) is 1.84. The molecule has 0 spiro atoms. The predicted molar refractivity (Wildman–Crippen MR) is 63.8 cm³/mol. The molecule has 1 N–H and O–H groups in total. The summed E-state index contributed by atoms with van der Waals surface area (Å²) in [7, 11) is 0. The average molecular weight is 226 g/mol. The van der Waals surface area contributed by atoms with E-state index in [0.717, 1.165) is 0 Å². The Labute approximate surface area is 97.8 Å². The quantitative estimate of drug-likeness (QED) is 0.650. The molecule has 0 bridgehead atoms. The number of rotatable bonds is 2. The lowest BCUT2D eigenvalue weighted by Gasteiger charge is -1.97. The number of fused-ring (bicyclic) bond motifs is 1. The van der Waals surface area contributed by atoms with Crippen LogP contribution in [0, 0.1) is 0 Å². The molecule has 0 aliphatic rings. The molecule has 0 saturated heterocycles. The van der Waals surface area contributed by atoms with E-state index in [9.17, 15) is 4.79 Å². The predicted octanol–water partition coefficient (Wildman–Crippen LogP) is 0.963. The Kier molecular flexibility index (Phi) is 2.26. The molecule has 3 rings (SSSR count). The van der Waals surface area contributed by atoms with Crippen molar-refractivity contribution in [1.29, 1.82) is 0 Å². The van der Waals surface area contributed by atoms with Crippen LogP contribution in [0.5, 0.6) is 0 Å². The highest BCUT2D eigenvalue weighted by Crippen LogP contribution is 1.98. The van der Waals surface area contributed by atoms with Gasteiger partial charge >= 0.3 is 5.65 Å². The standard InChI is InChI=1S/C13H11N3O/c17-12-6-7-14-16-9-8-15(13(12)16)10-11-4-2-1-3-5-11/h1-9H,10H2/p+1. The molecular formula is C13H12N3O+. The normalized spacial score (nSPS) is 10.8. The number of aromatic nitrogens is 3. The fourth-order valence-electron chi connectivity index (χ4n) is 1.97. The first-order chi connectivity index (χ1) is 8.34. The van der Waals surface area contributed by atoms with Crippen LogP contribution in [0.3, 0.4) is 0 Å². The van der Waals surface area contributed by atoms with Crippen molar-refractivity contribution >= 4 is 5.65 Å². The van der Waals surface area contributed by atoms with E-state index in [1.165, 1.54) is 11.6 Å². The van der Waals surface area contributed by atoms with Crippen LogP contribution in [0.4, 0.5) is 0 Å². The number of nitrogens with zero attached hydrogens (tertiary/aromatic N) is 2. The second kappa shape index (κ2) is 3.90. The number of hydrogen-bond acceptors (Lipinski definition) is 1. The maximum absolute atomic E-state index is 11.8. The largest absolute Gasteiger partial charge is 0.353 e. The third-order valence-electron chi connectivity index (χ3n) is 2.76. The van der Waals surface area contributed by atoms with Crippen LogP contribution in [-0.2, 0) is 6.54 Å². The molecule has 0 fully saturated rings. The second-order valence-electron chi connectivity index (χ2n) is 3.93. The number of H-pyrrole nitrogens is 1. The Bertz CT molecular complexity index is 697. The van der Waals surface area contributed by atoms with Crippen molar-refractivity contribution in [2.75, 3.05) is 0 Å². The fourth-order valence-corrected chi connectivity index (χ4v) is 1.97. The Hall–Kier alpha value is -2.36. The number of hydrogen-bond donors (Lipinski definition) is 1. The summed E-state index contributed by atoms with van der Waals surface area (Å²) in [5, 5.41) is 2.99. The fraction of sp³-hybridized carbons (Fsp3) is 0.0769. The molecule has 1 aromatic carbocycles. The third kappa shape index (κ3) is 1.73. The Balaban J connectivity index is 2.10. The van der Waals surface area contributed by atoms with E-state index in [1.54, 1.807) is 10.7 Å². The van der Waals surface area contributed by atoms with Crippen LogP contribution in [0.25, 0.3) is 5.65 Å². The zero-order valence-corrected chi connectivity index (χ0v) is 9.21. The summed E-state index contributed by atoms with van der Waals surface area (Å²) < 4.78 is 3.67. The van der Waals surface area contributed by atoms with Crippen LogP contribution in [0.2, 0.25) is 0 Å². The van der Waals surface area contributed by atoms with E-state index in [0.29, 0.717) is 12.2 Å². The molecule has 0 saturated carbocycles. The van der Waals surface area contributed by atoms with Gasteiger partial charge in [0.25, 0.3) is 5.43 Å². The van der Waals surface area contributed by atoms with Crippen molar-refractivity contribution in [3.63, 3.8) is 0 Å². The molecule has 4 heteroatoms. The van der Waals surface area contributed by atoms with E-state index in [2.05, 4.69) is 5.10 Å². The van der Waals surface area contributed by atoms with E-state index >= 15 is 0 Å². The molecular weight excluding hydrogens is 214 g/mol. The van der Waals surface area contributed by atoms with Crippen LogP contribution in [0.15, 0.2) is 59.8 Å². The first kappa shape index (κ1) is 9.84. The van der Waals surface area contributed by atoms with Gasteiger partial charge in [0, 0.05) is 12.3 Å². The molecule has 0 unspecified atom stereocenters. The molecule has 0 aliphatic carbocycles. The number of imidazole rings is 1. The van der Waals surface area contributed by atoms with Gasteiger partial charge in [-0.3, -0.25) is 4.79 Å². The first-order valence-corrected chi connectivity index (χ1v) is 5.47. The molecule has 2 aromatic heterocycles. The van der Waals surface area contributed by atoms with Crippen LogP contribution >= 0.6 is 0 Å². The summed E-state index contributed by atoms with van der Waals surface area (Å²) in [6.45, 7) is 0.699. The zero-order valence-electron chi connectivity index (χ0n) is 9.21. The van der Waals surface area contributed by atoms with Gasteiger partial charge in [-0.1, -0.05) is 30.3 Å². The van der Waals surface area contributed by atoms with Crippen molar-refractivity contribution in [3.05, 3.63) is 70.8 Å². The number of nitrogens with one attached hydrogen (secondary N) is 1. The molecule has 84 valence electrons. The lowest BCUT2D eigenvalue weighted by atomic mass is 10.2. The Morgan fingerprint density at radius 1 is 1.18 bits per heavy atom. The lowest BCUT2D eigenvalue weighted by molar-refractivity contribution is -0.662. The van der Waals surface area contributed by atoms with Gasteiger partial charge < -0.3 is 0 Å². The highest BCUT2D eigenvalue weighted by molar-refractivity contribution is 5.29. The summed E-state index contributed by atoms with van der Waals surface area (Å²) in [6, 6.07) is 11.6. The maximum Gasteiger partial charge on any atom is 0.353 e. The van der Waals surface area contributed by atoms with E-state index in [1.807, 2.05) is 47.3 Å². The zero-order chi connectivity index (χ0) is 11.7. The van der Waals surface area contributed by atoms with Crippen molar-refractivity contribution < 1.29 is 4.57 Å². The van der Waals surface area contributed by atoms with Gasteiger partial charge in [0.1, 0.15) is 12.7 Å². The molecule has 0 aliphatic heterocycles. The number of benzene rings is 1. The summed E-state index contributed by atoms with van der Waals surface area (Å²) >= 11 is 0. The third-order valence-corrected chi connectivity index (χ3v) is 2.76. The summed E-state index contributed by atoms with van der Waals surface area (Å²) in [6.07, 6.45) is 5.39. The molecule has 4 nitrogen and oxygen atoms in total. The van der Waals surface area contributed by atoms with Gasteiger partial charge in [0.15, 0.2) is 6.20 Å². The molecule has 0 radical (unpaired) electrons. The second-order valence-corrected chi connectivity index (χ2v) is 3.93. The monoisotopic (exact) mass is 226 g/mol. The molecule has 0 amide bonds. The van der Waals surface area contributed by atoms with Crippen molar-refractivity contribution in [2.45, 2.75) is 6.54 Å². The van der Waals surface area contributed by atoms with Gasteiger partial charge in [-0.25, -0.2) is 9.67 Å². The highest BCUT2D eigenvalue weighted by atomic mass is 16.1. The minimum Gasteiger partial charge on any atom is -0.281 e. The average Bonchev–Trinajstić information content (AvgIpc) is 2.75. The summed E-state index contributed by atoms with van der Waals surface area (Å²) in [5.74, 6) is 0. The van der Waals surface area contributed by atoms with Gasteiger partial charge in [-0.05, 0) is 5.56 Å². The minimum absolute atomic E-state index is 0.0182. The van der Waals surface area contributed by atoms with Gasteiger partial charge in [-0.15, -0.1) is 4.52 Å². The highest BCUT2D eigenvalue weighted by Gasteiger charge is 2.13. The SMILES string of the molecule is O=c1cc[nH]n2cc[n+](Cc3ccccc3)c12.